The Bertz CT molecular complexity index is 4140. The Morgan fingerprint density at radius 1 is 0.407 bits per heavy atom. The summed E-state index contributed by atoms with van der Waals surface area (Å²) in [6.07, 6.45) is 1.43. The number of thiophene rings is 2. The van der Waals surface area contributed by atoms with E-state index >= 15 is 0 Å². The molecule has 0 saturated carbocycles. The number of ether oxygens (including phenoxy) is 2. The number of hydrogen-bond donors (Lipinski definition) is 2. The van der Waals surface area contributed by atoms with Crippen LogP contribution >= 0.6 is 69.1 Å². The van der Waals surface area contributed by atoms with E-state index in [-0.39, 0.29) is 59.0 Å². The molecule has 0 aliphatic carbocycles. The molecular weight excluding hydrogens is 1410 g/mol. The zero-order chi connectivity index (χ0) is 64.8. The zero-order valence-corrected chi connectivity index (χ0v) is 62.2. The van der Waals surface area contributed by atoms with Crippen molar-refractivity contribution in [3.8, 4) is 55.3 Å². The molecule has 0 fully saturated rings. The van der Waals surface area contributed by atoms with Gasteiger partial charge in [-0.25, -0.2) is 0 Å². The molecular formula is C78H80Cl4HfN2O4S2. The topological polar surface area (TPSA) is 75.9 Å². The molecule has 12 aromatic rings. The molecule has 0 amide bonds. The average molecular weight is 1490 g/mol. The third-order valence-corrected chi connectivity index (χ3v) is 19.9. The van der Waals surface area contributed by atoms with Crippen molar-refractivity contribution in [2.24, 2.45) is 0 Å². The van der Waals surface area contributed by atoms with E-state index in [1.54, 1.807) is 12.1 Å². The molecule has 91 heavy (non-hydrogen) atoms. The maximum atomic E-state index is 12.3. The van der Waals surface area contributed by atoms with E-state index in [0.29, 0.717) is 89.9 Å². The fourth-order valence-electron chi connectivity index (χ4n) is 11.1. The van der Waals surface area contributed by atoms with Gasteiger partial charge in [-0.2, -0.15) is 49.2 Å². The number of rotatable bonds is 11. The molecule has 6 nitrogen and oxygen atoms in total. The molecule has 4 aromatic heterocycles. The van der Waals surface area contributed by atoms with Gasteiger partial charge in [0.05, 0.1) is 63.3 Å². The summed E-state index contributed by atoms with van der Waals surface area (Å²) in [4.78, 5) is 1.19. The van der Waals surface area contributed by atoms with Crippen molar-refractivity contribution in [3.63, 3.8) is 0 Å². The van der Waals surface area contributed by atoms with Crippen LogP contribution in [0.4, 0.5) is 0 Å². The van der Waals surface area contributed by atoms with Crippen LogP contribution in [0.2, 0.25) is 20.1 Å². The van der Waals surface area contributed by atoms with Crippen molar-refractivity contribution in [3.05, 3.63) is 236 Å². The Morgan fingerprint density at radius 2 is 0.692 bits per heavy atom. The maximum Gasteiger partial charge on any atom is 0.265 e. The van der Waals surface area contributed by atoms with Crippen LogP contribution < -0.4 is 0 Å². The van der Waals surface area contributed by atoms with Crippen molar-refractivity contribution in [1.82, 2.24) is 9.13 Å². The maximum absolute atomic E-state index is 12.3. The van der Waals surface area contributed by atoms with Crippen LogP contribution in [0.15, 0.2) is 168 Å². The van der Waals surface area contributed by atoms with Crippen molar-refractivity contribution in [2.75, 3.05) is 13.2 Å². The molecule has 0 saturated heterocycles. The molecule has 470 valence electrons. The van der Waals surface area contributed by atoms with Crippen LogP contribution in [0.25, 0.3) is 75.9 Å². The Kier molecular flexibility index (Phi) is 21.1. The summed E-state index contributed by atoms with van der Waals surface area (Å²) < 4.78 is 14.4. The number of aromatic hydroxyl groups is 4. The summed E-state index contributed by atoms with van der Waals surface area (Å²) >= 11 is 30.4. The monoisotopic (exact) mass is 1490 g/mol. The van der Waals surface area contributed by atoms with Gasteiger partial charge in [0, 0.05) is 83.1 Å². The predicted octanol–water partition coefficient (Wildman–Crippen LogP) is 24.3. The molecule has 4 heterocycles. The van der Waals surface area contributed by atoms with Crippen LogP contribution in [0, 0.1) is 13.8 Å². The zero-order valence-electron chi connectivity index (χ0n) is 53.9. The van der Waals surface area contributed by atoms with Gasteiger partial charge in [0.1, 0.15) is 11.1 Å². The first kappa shape index (κ1) is 69.1. The molecule has 0 unspecified atom stereocenters. The van der Waals surface area contributed by atoms with E-state index < -0.39 is 0 Å². The van der Waals surface area contributed by atoms with Crippen molar-refractivity contribution in [2.45, 2.75) is 118 Å². The van der Waals surface area contributed by atoms with E-state index in [2.05, 4.69) is 179 Å². The van der Waals surface area contributed by atoms with Crippen LogP contribution in [0.1, 0.15) is 129 Å². The molecule has 0 bridgehead atoms. The van der Waals surface area contributed by atoms with Gasteiger partial charge >= 0.3 is 0 Å². The third-order valence-electron chi connectivity index (χ3n) is 16.4. The Labute approximate surface area is 584 Å². The Hall–Kier alpha value is -6.27. The molecule has 8 aromatic carbocycles. The second kappa shape index (κ2) is 27.7. The number of aromatic nitrogens is 2. The first-order valence-electron chi connectivity index (χ1n) is 30.4. The molecule has 0 aliphatic rings. The van der Waals surface area contributed by atoms with Crippen LogP contribution in [0.5, 0.6) is 23.0 Å². The van der Waals surface area contributed by atoms with Crippen LogP contribution in [-0.4, -0.2) is 42.0 Å². The molecule has 0 radical (unpaired) electrons. The number of fused-ring (bicyclic) bond motifs is 6. The van der Waals surface area contributed by atoms with Crippen molar-refractivity contribution < 1.29 is 45.5 Å². The minimum absolute atomic E-state index is 0. The number of hydrogen-bond acceptors (Lipinski definition) is 4. The first-order valence-corrected chi connectivity index (χ1v) is 33.7. The van der Waals surface area contributed by atoms with E-state index in [0.717, 1.165) is 54.7 Å². The van der Waals surface area contributed by atoms with Crippen LogP contribution in [-0.2, 0) is 47.5 Å². The quantitative estimate of drug-likeness (QED) is 0.0586. The molecule has 0 atom stereocenters. The van der Waals surface area contributed by atoms with E-state index in [4.69, 9.17) is 55.9 Å². The standard InChI is InChI=1S/C64H64Cl4N2O4S2.2C7H7.Hf/c1-61(2,3)35-15-21-45-39(29-35)40-30-36(62(4,5)6)16-22-46(40)69(45)49-33-75-59(57(49)71)53-51(25-19-43(65)55(53)67)73-27-13-14-28-74-52-26-20-44(66)56(68)54(52)60-58(72)50(34-76-60)70-47-23-17-37(63(7,8)9)31-41(47)42-32-38(64(10,11)12)18-24-48(42)70;2*1-7-5-3-2-4-6-7;/h15-26,29-34,71-72H,13-14,27-28H2,1-12H3;2*2-6H,1H2;/q;2*-1;/p+2. The van der Waals surface area contributed by atoms with Gasteiger partial charge in [0.2, 0.25) is 0 Å². The summed E-state index contributed by atoms with van der Waals surface area (Å²) in [5.41, 5.74) is 13.5. The van der Waals surface area contributed by atoms with Gasteiger partial charge in [0.15, 0.2) is 24.7 Å². The molecule has 12 rings (SSSR count). The fraction of sp³-hybridized carbons (Fsp3) is 0.256. The van der Waals surface area contributed by atoms with Gasteiger partial charge in [-0.3, -0.25) is 0 Å². The molecule has 0 aliphatic heterocycles. The largest absolute Gasteiger partial charge is 0.582 e. The van der Waals surface area contributed by atoms with Gasteiger partial charge in [-0.05, 0) is 105 Å². The van der Waals surface area contributed by atoms with Gasteiger partial charge in [-0.15, -0.1) is 46.9 Å². The minimum atomic E-state index is -0.0411. The van der Waals surface area contributed by atoms with E-state index in [9.17, 15) is 10.2 Å². The van der Waals surface area contributed by atoms with Gasteiger partial charge in [-0.1, -0.05) is 166 Å². The first-order chi connectivity index (χ1) is 42.5. The average Bonchev–Trinajstić information content (AvgIpc) is 1.59. The second-order valence-corrected chi connectivity index (χ2v) is 30.5. The smallest absolute Gasteiger partial charge is 0.265 e. The molecule has 4 N–H and O–H groups in total. The Balaban J connectivity index is 0.000000577. The summed E-state index contributed by atoms with van der Waals surface area (Å²) in [5.74, 6) is 1.52. The second-order valence-electron chi connectivity index (χ2n) is 27.1. The van der Waals surface area contributed by atoms with Gasteiger partial charge in [0.25, 0.3) is 11.5 Å². The van der Waals surface area contributed by atoms with Crippen molar-refractivity contribution in [1.29, 1.82) is 0 Å². The normalized spacial score (nSPS) is 12.0. The number of aliphatic hydroxyl groups is 2. The van der Waals surface area contributed by atoms with E-state index in [1.165, 1.54) is 44.9 Å². The SMILES string of the molecule is CC(C)(C)c1ccc2c(c1)c1cc(C(C)(C)C)ccc1n2-c1csc(-c2c([OH+]CCCC[OH+]c3ccc(Cl)c(Cl)c3-c3scc(-n4c5ccc(C(C)(C)C)cc5c5cc(C(C)(C)C)ccc54)c3O)ccc(Cl)c2Cl)c1O.[CH2-]c1ccccc1.[CH2-]c1ccccc1.[Hf]. The van der Waals surface area contributed by atoms with Crippen LogP contribution in [0.3, 0.4) is 0 Å². The number of unbranched alkanes of at least 4 members (excludes halogenated alkanes) is 1. The molecule has 0 spiro atoms. The van der Waals surface area contributed by atoms with Gasteiger partial charge < -0.3 is 28.8 Å². The summed E-state index contributed by atoms with van der Waals surface area (Å²) in [6, 6.07) is 53.6. The molecule has 13 heteroatoms. The predicted molar refractivity (Wildman–Crippen MR) is 390 cm³/mol. The summed E-state index contributed by atoms with van der Waals surface area (Å²) in [5, 5.41) is 34.5. The number of halogens is 4. The summed E-state index contributed by atoms with van der Waals surface area (Å²) in [7, 11) is 0. The summed E-state index contributed by atoms with van der Waals surface area (Å²) in [6.45, 7) is 35.2. The fourth-order valence-corrected chi connectivity index (χ4v) is 14.1. The van der Waals surface area contributed by atoms with E-state index in [1.807, 2.05) is 83.6 Å². The van der Waals surface area contributed by atoms with Crippen molar-refractivity contribution >= 4 is 113 Å². The Morgan fingerprint density at radius 3 is 0.945 bits per heavy atom. The number of benzene rings is 8. The number of nitrogens with zero attached hydrogens (tertiary/aromatic N) is 2. The minimum Gasteiger partial charge on any atom is -0.582 e. The third kappa shape index (κ3) is 14.7.